The van der Waals surface area contributed by atoms with Crippen LogP contribution in [0.5, 0.6) is 0 Å². The van der Waals surface area contributed by atoms with Gasteiger partial charge in [0.2, 0.25) is 0 Å². The molecule has 2 aromatic carbocycles. The first kappa shape index (κ1) is 19.6. The fourth-order valence-corrected chi connectivity index (χ4v) is 4.34. The average Bonchev–Trinajstić information content (AvgIpc) is 2.61. The molecule has 0 aromatic heterocycles. The number of carbonyl (C=O) groups is 1. The number of rotatable bonds is 5. The fraction of sp³-hybridized carbons (Fsp3) is 0.381. The van der Waals surface area contributed by atoms with Crippen LogP contribution in [-0.2, 0) is 22.1 Å². The maximum Gasteiger partial charge on any atom is 0.254 e. The zero-order valence-electron chi connectivity index (χ0n) is 15.9. The summed E-state index contributed by atoms with van der Waals surface area (Å²) in [5, 5.41) is 0. The molecule has 0 bridgehead atoms. The summed E-state index contributed by atoms with van der Waals surface area (Å²) in [6.07, 6.45) is 1.21. The van der Waals surface area contributed by atoms with E-state index in [1.54, 1.807) is 24.3 Å². The second kappa shape index (κ2) is 8.23. The lowest BCUT2D eigenvalue weighted by Gasteiger charge is -2.32. The van der Waals surface area contributed by atoms with Crippen LogP contribution in [0.3, 0.4) is 0 Å². The van der Waals surface area contributed by atoms with Crippen molar-refractivity contribution in [3.63, 3.8) is 0 Å². The Bertz CT molecular complexity index is 899. The van der Waals surface area contributed by atoms with Crippen LogP contribution in [0, 0.1) is 6.92 Å². The number of sulfone groups is 1. The Hall–Kier alpha value is -2.18. The predicted octanol–water partition coefficient (Wildman–Crippen LogP) is 1.08. The van der Waals surface area contributed by atoms with Crippen molar-refractivity contribution in [1.82, 2.24) is 4.90 Å². The van der Waals surface area contributed by atoms with E-state index in [1.807, 2.05) is 4.90 Å². The zero-order chi connectivity index (χ0) is 19.4. The van der Waals surface area contributed by atoms with Gasteiger partial charge < -0.3 is 9.80 Å². The number of carbonyl (C=O) groups excluding carboxylic acids is 1. The number of hydrogen-bond acceptors (Lipinski definition) is 3. The van der Waals surface area contributed by atoms with Crippen LogP contribution < -0.4 is 4.90 Å². The Kier molecular flexibility index (Phi) is 5.97. The predicted molar refractivity (Wildman–Crippen MR) is 106 cm³/mol. The lowest BCUT2D eigenvalue weighted by molar-refractivity contribution is -0.917. The van der Waals surface area contributed by atoms with E-state index < -0.39 is 9.84 Å². The molecule has 1 fully saturated rings. The summed E-state index contributed by atoms with van der Waals surface area (Å²) in [5.74, 6) is 0.0261. The highest BCUT2D eigenvalue weighted by Crippen LogP contribution is 2.11. The largest absolute Gasteiger partial charge is 0.328 e. The summed E-state index contributed by atoms with van der Waals surface area (Å²) in [4.78, 5) is 16.1. The molecule has 1 amide bonds. The molecule has 1 heterocycles. The molecule has 1 aliphatic heterocycles. The molecular weight excluding hydrogens is 360 g/mol. The minimum atomic E-state index is -3.06. The van der Waals surface area contributed by atoms with E-state index in [9.17, 15) is 13.2 Å². The van der Waals surface area contributed by atoms with Crippen LogP contribution >= 0.6 is 0 Å². The summed E-state index contributed by atoms with van der Waals surface area (Å²) in [5.41, 5.74) is 3.95. The van der Waals surface area contributed by atoms with Crippen molar-refractivity contribution in [3.8, 4) is 0 Å². The smallest absolute Gasteiger partial charge is 0.254 e. The Morgan fingerprint density at radius 2 is 1.70 bits per heavy atom. The van der Waals surface area contributed by atoms with Crippen molar-refractivity contribution in [2.24, 2.45) is 0 Å². The molecule has 0 saturated carbocycles. The third-order valence-corrected chi connectivity index (χ3v) is 5.78. The van der Waals surface area contributed by atoms with Crippen molar-refractivity contribution < 1.29 is 18.1 Å². The Morgan fingerprint density at radius 3 is 2.30 bits per heavy atom. The van der Waals surface area contributed by atoms with Crippen molar-refractivity contribution in [3.05, 3.63) is 70.8 Å². The van der Waals surface area contributed by atoms with Crippen molar-refractivity contribution >= 4 is 15.7 Å². The summed E-state index contributed by atoms with van der Waals surface area (Å²) in [7, 11) is -3.06. The highest BCUT2D eigenvalue weighted by Gasteiger charge is 2.24. The Morgan fingerprint density at radius 1 is 1.04 bits per heavy atom. The van der Waals surface area contributed by atoms with Gasteiger partial charge in [-0.3, -0.25) is 4.79 Å². The van der Waals surface area contributed by atoms with Gasteiger partial charge in [-0.1, -0.05) is 42.0 Å². The van der Waals surface area contributed by atoms with Gasteiger partial charge in [0.05, 0.1) is 31.9 Å². The first-order valence-corrected chi connectivity index (χ1v) is 11.3. The van der Waals surface area contributed by atoms with E-state index >= 15 is 0 Å². The van der Waals surface area contributed by atoms with Crippen molar-refractivity contribution in [2.75, 3.05) is 32.4 Å². The van der Waals surface area contributed by atoms with Crippen molar-refractivity contribution in [2.45, 2.75) is 19.2 Å². The molecular formula is C21H27N2O3S+. The highest BCUT2D eigenvalue weighted by atomic mass is 32.2. The Labute approximate surface area is 161 Å². The molecule has 1 N–H and O–H groups in total. The number of nitrogens with one attached hydrogen (secondary N) is 1. The van der Waals surface area contributed by atoms with Crippen LogP contribution in [0.1, 0.15) is 27.0 Å². The van der Waals surface area contributed by atoms with E-state index in [0.717, 1.165) is 32.7 Å². The molecule has 5 nitrogen and oxygen atoms in total. The van der Waals surface area contributed by atoms with Crippen LogP contribution in [0.2, 0.25) is 0 Å². The van der Waals surface area contributed by atoms with Gasteiger partial charge in [0.15, 0.2) is 9.84 Å². The normalized spacial score (nSPS) is 15.7. The van der Waals surface area contributed by atoms with Crippen LogP contribution in [-0.4, -0.2) is 51.7 Å². The van der Waals surface area contributed by atoms with Gasteiger partial charge in [-0.05, 0) is 24.6 Å². The van der Waals surface area contributed by atoms with Gasteiger partial charge in [-0.25, -0.2) is 8.42 Å². The minimum absolute atomic E-state index is 0.00245. The number of benzene rings is 2. The molecule has 2 aromatic rings. The van der Waals surface area contributed by atoms with E-state index in [4.69, 9.17) is 0 Å². The molecule has 6 heteroatoms. The molecule has 0 spiro atoms. The lowest BCUT2D eigenvalue weighted by atomic mass is 10.1. The molecule has 1 aliphatic rings. The summed E-state index contributed by atoms with van der Waals surface area (Å²) in [6, 6.07) is 15.5. The van der Waals surface area contributed by atoms with E-state index in [2.05, 4.69) is 31.2 Å². The van der Waals surface area contributed by atoms with Crippen LogP contribution in [0.15, 0.2) is 48.5 Å². The number of nitrogens with zero attached hydrogens (tertiary/aromatic N) is 1. The topological polar surface area (TPSA) is 58.9 Å². The molecule has 0 radical (unpaired) electrons. The van der Waals surface area contributed by atoms with Crippen LogP contribution in [0.25, 0.3) is 0 Å². The second-order valence-corrected chi connectivity index (χ2v) is 9.62. The van der Waals surface area contributed by atoms with E-state index in [1.165, 1.54) is 22.3 Å². The molecule has 3 rings (SSSR count). The standard InChI is InChI=1S/C21H26N2O3S/c1-17-4-3-5-19(14-17)15-22-10-12-23(13-11-22)21(24)20-8-6-18(7-9-20)16-27(2,25)26/h3-9,14H,10-13,15-16H2,1-2H3/p+1. The minimum Gasteiger partial charge on any atom is -0.328 e. The fourth-order valence-electron chi connectivity index (χ4n) is 3.54. The van der Waals surface area contributed by atoms with Gasteiger partial charge >= 0.3 is 0 Å². The summed E-state index contributed by atoms with van der Waals surface area (Å²) in [6.45, 7) is 6.45. The quantitative estimate of drug-likeness (QED) is 0.835. The van der Waals surface area contributed by atoms with E-state index in [-0.39, 0.29) is 11.7 Å². The van der Waals surface area contributed by atoms with E-state index in [0.29, 0.717) is 11.1 Å². The zero-order valence-corrected chi connectivity index (χ0v) is 16.8. The van der Waals surface area contributed by atoms with Crippen molar-refractivity contribution in [1.29, 1.82) is 0 Å². The maximum absolute atomic E-state index is 12.7. The highest BCUT2D eigenvalue weighted by molar-refractivity contribution is 7.89. The second-order valence-electron chi connectivity index (χ2n) is 7.48. The average molecular weight is 388 g/mol. The monoisotopic (exact) mass is 387 g/mol. The summed E-state index contributed by atoms with van der Waals surface area (Å²) >= 11 is 0. The van der Waals surface area contributed by atoms with Gasteiger partial charge in [-0.15, -0.1) is 0 Å². The number of amides is 1. The molecule has 27 heavy (non-hydrogen) atoms. The third-order valence-electron chi connectivity index (χ3n) is 4.92. The molecule has 0 aliphatic carbocycles. The summed E-state index contributed by atoms with van der Waals surface area (Å²) < 4.78 is 22.7. The molecule has 144 valence electrons. The van der Waals surface area contributed by atoms with Gasteiger partial charge in [-0.2, -0.15) is 0 Å². The molecule has 0 atom stereocenters. The lowest BCUT2D eigenvalue weighted by Crippen LogP contribution is -3.13. The third kappa shape index (κ3) is 5.65. The number of quaternary nitrogens is 1. The Balaban J connectivity index is 1.55. The number of piperazine rings is 1. The maximum atomic E-state index is 12.7. The molecule has 1 saturated heterocycles. The number of aryl methyl sites for hydroxylation is 1. The first-order chi connectivity index (χ1) is 12.8. The SMILES string of the molecule is Cc1cccc(C[NH+]2CCN(C(=O)c3ccc(CS(C)(=O)=O)cc3)CC2)c1. The number of hydrogen-bond donors (Lipinski definition) is 1. The van der Waals surface area contributed by atoms with Crippen LogP contribution in [0.4, 0.5) is 0 Å². The van der Waals surface area contributed by atoms with Gasteiger partial charge in [0.25, 0.3) is 5.91 Å². The van der Waals surface area contributed by atoms with Gasteiger partial charge in [0, 0.05) is 17.4 Å². The molecule has 0 unspecified atom stereocenters. The van der Waals surface area contributed by atoms with Gasteiger partial charge in [0.1, 0.15) is 6.54 Å². The first-order valence-electron chi connectivity index (χ1n) is 9.25.